The van der Waals surface area contributed by atoms with Crippen molar-refractivity contribution in [3.05, 3.63) is 28.8 Å². The number of hydrogen-bond acceptors (Lipinski definition) is 6. The van der Waals surface area contributed by atoms with Crippen LogP contribution < -0.4 is 0 Å². The second-order valence-electron chi connectivity index (χ2n) is 6.87. The molecule has 0 aromatic heterocycles. The molecule has 0 spiro atoms. The van der Waals surface area contributed by atoms with Crippen LogP contribution >= 0.6 is 11.6 Å². The van der Waals surface area contributed by atoms with Gasteiger partial charge in [-0.05, 0) is 45.9 Å². The summed E-state index contributed by atoms with van der Waals surface area (Å²) in [5, 5.41) is 0.00701. The number of carbonyl (C=O) groups is 2. The predicted octanol–water partition coefficient (Wildman–Crippen LogP) is 2.16. The maximum Gasteiger partial charge on any atom is 0.338 e. The van der Waals surface area contributed by atoms with Gasteiger partial charge in [-0.15, -0.1) is 0 Å². The van der Waals surface area contributed by atoms with Gasteiger partial charge in [0.2, 0.25) is 10.0 Å². The zero-order chi connectivity index (χ0) is 21.8. The molecule has 0 bridgehead atoms. The first-order valence-corrected chi connectivity index (χ1v) is 11.3. The molecule has 1 fully saturated rings. The zero-order valence-electron chi connectivity index (χ0n) is 17.1. The SMILES string of the molecule is CCN(CC)C(=O)COC(=O)c1ccc(Cl)c(S(=O)(=O)N2CC(C)OC(C)C2)c1. The number of ether oxygens (including phenoxy) is 2. The van der Waals surface area contributed by atoms with Crippen molar-refractivity contribution in [2.24, 2.45) is 0 Å². The summed E-state index contributed by atoms with van der Waals surface area (Å²) in [4.78, 5) is 25.7. The number of amides is 1. The molecule has 1 aromatic carbocycles. The van der Waals surface area contributed by atoms with E-state index in [1.54, 1.807) is 13.8 Å². The van der Waals surface area contributed by atoms with Gasteiger partial charge >= 0.3 is 5.97 Å². The van der Waals surface area contributed by atoms with Gasteiger partial charge in [0, 0.05) is 26.2 Å². The number of nitrogens with zero attached hydrogens (tertiary/aromatic N) is 2. The van der Waals surface area contributed by atoms with Gasteiger partial charge in [0.15, 0.2) is 6.61 Å². The summed E-state index contributed by atoms with van der Waals surface area (Å²) in [5.41, 5.74) is 0.00896. The molecule has 0 N–H and O–H groups in total. The summed E-state index contributed by atoms with van der Waals surface area (Å²) in [6, 6.07) is 3.90. The highest BCUT2D eigenvalue weighted by Crippen LogP contribution is 2.28. The molecule has 2 unspecified atom stereocenters. The number of carbonyl (C=O) groups excluding carboxylic acids is 2. The fraction of sp³-hybridized carbons (Fsp3) is 0.579. The van der Waals surface area contributed by atoms with Crippen molar-refractivity contribution in [1.82, 2.24) is 9.21 Å². The van der Waals surface area contributed by atoms with Crippen LogP contribution in [-0.4, -0.2) is 74.5 Å². The number of morpholine rings is 1. The molecule has 1 aliphatic rings. The molecule has 8 nitrogen and oxygen atoms in total. The van der Waals surface area contributed by atoms with Gasteiger partial charge in [0.1, 0.15) is 4.90 Å². The van der Waals surface area contributed by atoms with Crippen molar-refractivity contribution < 1.29 is 27.5 Å². The van der Waals surface area contributed by atoms with E-state index in [0.29, 0.717) is 13.1 Å². The van der Waals surface area contributed by atoms with Crippen LogP contribution in [0.2, 0.25) is 5.02 Å². The minimum atomic E-state index is -3.93. The molecule has 0 saturated carbocycles. The number of hydrogen-bond donors (Lipinski definition) is 0. The van der Waals surface area contributed by atoms with E-state index in [4.69, 9.17) is 21.1 Å². The second kappa shape index (κ2) is 9.88. The molecule has 1 amide bonds. The van der Waals surface area contributed by atoms with Gasteiger partial charge in [-0.1, -0.05) is 11.6 Å². The van der Waals surface area contributed by atoms with Gasteiger partial charge in [-0.2, -0.15) is 4.31 Å². The van der Waals surface area contributed by atoms with Crippen LogP contribution in [0.5, 0.6) is 0 Å². The van der Waals surface area contributed by atoms with Crippen LogP contribution in [-0.2, 0) is 24.3 Å². The van der Waals surface area contributed by atoms with E-state index in [0.717, 1.165) is 0 Å². The lowest BCUT2D eigenvalue weighted by Gasteiger charge is -2.34. The Kier molecular flexibility index (Phi) is 8.04. The highest BCUT2D eigenvalue weighted by atomic mass is 35.5. The minimum absolute atomic E-state index is 0.00701. The number of rotatable bonds is 7. The number of benzene rings is 1. The van der Waals surface area contributed by atoms with E-state index in [9.17, 15) is 18.0 Å². The summed E-state index contributed by atoms with van der Waals surface area (Å²) in [5.74, 6) is -1.11. The largest absolute Gasteiger partial charge is 0.452 e. The highest BCUT2D eigenvalue weighted by Gasteiger charge is 2.34. The Hall–Kier alpha value is -1.68. The van der Waals surface area contributed by atoms with Crippen molar-refractivity contribution in [3.8, 4) is 0 Å². The first-order valence-electron chi connectivity index (χ1n) is 9.50. The number of halogens is 1. The van der Waals surface area contributed by atoms with Crippen LogP contribution in [0.15, 0.2) is 23.1 Å². The zero-order valence-corrected chi connectivity index (χ0v) is 18.6. The molecule has 1 saturated heterocycles. The molecule has 0 aliphatic carbocycles. The van der Waals surface area contributed by atoms with Crippen LogP contribution in [0.4, 0.5) is 0 Å². The third-order valence-electron chi connectivity index (χ3n) is 4.61. The Morgan fingerprint density at radius 3 is 2.34 bits per heavy atom. The topological polar surface area (TPSA) is 93.2 Å². The van der Waals surface area contributed by atoms with E-state index < -0.39 is 22.6 Å². The van der Waals surface area contributed by atoms with E-state index in [2.05, 4.69) is 0 Å². The molecule has 0 radical (unpaired) electrons. The summed E-state index contributed by atoms with van der Waals surface area (Å²) in [6.07, 6.45) is -0.516. The number of likely N-dealkylation sites (N-methyl/N-ethyl adjacent to an activating group) is 1. The van der Waals surface area contributed by atoms with Crippen molar-refractivity contribution in [2.45, 2.75) is 44.8 Å². The molecule has 2 atom stereocenters. The van der Waals surface area contributed by atoms with Crippen LogP contribution in [0.1, 0.15) is 38.1 Å². The van der Waals surface area contributed by atoms with Gasteiger partial charge in [-0.3, -0.25) is 4.79 Å². The Bertz CT molecular complexity index is 846. The third kappa shape index (κ3) is 5.69. The lowest BCUT2D eigenvalue weighted by Crippen LogP contribution is -2.48. The normalized spacial score (nSPS) is 20.3. The minimum Gasteiger partial charge on any atom is -0.452 e. The first kappa shape index (κ1) is 23.6. The van der Waals surface area contributed by atoms with Crippen molar-refractivity contribution in [1.29, 1.82) is 0 Å². The predicted molar refractivity (Wildman–Crippen MR) is 108 cm³/mol. The average Bonchev–Trinajstić information content (AvgIpc) is 2.66. The maximum atomic E-state index is 13.1. The third-order valence-corrected chi connectivity index (χ3v) is 6.93. The Morgan fingerprint density at radius 1 is 1.21 bits per heavy atom. The second-order valence-corrected chi connectivity index (χ2v) is 9.18. The first-order chi connectivity index (χ1) is 13.6. The summed E-state index contributed by atoms with van der Waals surface area (Å²) in [7, 11) is -3.93. The van der Waals surface area contributed by atoms with E-state index >= 15 is 0 Å². The van der Waals surface area contributed by atoms with Gasteiger partial charge in [0.05, 0.1) is 22.8 Å². The number of sulfonamides is 1. The molecule has 1 heterocycles. The lowest BCUT2D eigenvalue weighted by atomic mass is 10.2. The van der Waals surface area contributed by atoms with Gasteiger partial charge in [-0.25, -0.2) is 13.2 Å². The summed E-state index contributed by atoms with van der Waals surface area (Å²) in [6.45, 7) is 8.22. The Labute approximate surface area is 176 Å². The van der Waals surface area contributed by atoms with Crippen molar-refractivity contribution in [2.75, 3.05) is 32.8 Å². The average molecular weight is 447 g/mol. The Balaban J connectivity index is 2.20. The van der Waals surface area contributed by atoms with E-state index in [1.807, 2.05) is 13.8 Å². The quantitative estimate of drug-likeness (QED) is 0.596. The Morgan fingerprint density at radius 2 is 1.79 bits per heavy atom. The fourth-order valence-electron chi connectivity index (χ4n) is 3.17. The monoisotopic (exact) mass is 446 g/mol. The molecule has 29 heavy (non-hydrogen) atoms. The lowest BCUT2D eigenvalue weighted by molar-refractivity contribution is -0.134. The summed E-state index contributed by atoms with van der Waals surface area (Å²) < 4.78 is 38.1. The molecular weight excluding hydrogens is 420 g/mol. The van der Waals surface area contributed by atoms with Gasteiger partial charge in [0.25, 0.3) is 5.91 Å². The van der Waals surface area contributed by atoms with Gasteiger partial charge < -0.3 is 14.4 Å². The van der Waals surface area contributed by atoms with Crippen LogP contribution in [0.3, 0.4) is 0 Å². The summed E-state index contributed by atoms with van der Waals surface area (Å²) >= 11 is 6.13. The molecular formula is C19H27ClN2O6S. The standard InChI is InChI=1S/C19H27ClN2O6S/c1-5-21(6-2)18(23)12-27-19(24)15-7-8-16(20)17(9-15)29(25,26)22-10-13(3)28-14(4)11-22/h7-9,13-14H,5-6,10-12H2,1-4H3. The van der Waals surface area contributed by atoms with Crippen LogP contribution in [0.25, 0.3) is 0 Å². The molecule has 10 heteroatoms. The fourth-order valence-corrected chi connectivity index (χ4v) is 5.26. The van der Waals surface area contributed by atoms with E-state index in [-0.39, 0.29) is 46.7 Å². The molecule has 2 rings (SSSR count). The smallest absolute Gasteiger partial charge is 0.338 e. The van der Waals surface area contributed by atoms with Crippen molar-refractivity contribution >= 4 is 33.5 Å². The molecule has 162 valence electrons. The van der Waals surface area contributed by atoms with E-state index in [1.165, 1.54) is 27.4 Å². The number of esters is 1. The van der Waals surface area contributed by atoms with Crippen molar-refractivity contribution in [3.63, 3.8) is 0 Å². The molecule has 1 aromatic rings. The maximum absolute atomic E-state index is 13.1. The van der Waals surface area contributed by atoms with Crippen LogP contribution in [0, 0.1) is 0 Å². The molecule has 1 aliphatic heterocycles. The highest BCUT2D eigenvalue weighted by molar-refractivity contribution is 7.89.